The zero-order valence-corrected chi connectivity index (χ0v) is 15.7. The number of hydrogen-bond donors (Lipinski definition) is 2. The Morgan fingerprint density at radius 3 is 2.46 bits per heavy atom. The van der Waals surface area contributed by atoms with Gasteiger partial charge in [0.25, 0.3) is 0 Å². The molecule has 130 valence electrons. The summed E-state index contributed by atoms with van der Waals surface area (Å²) >= 11 is 13.2. The van der Waals surface area contributed by atoms with Gasteiger partial charge in [0.2, 0.25) is 10.0 Å². The van der Waals surface area contributed by atoms with E-state index >= 15 is 0 Å². The van der Waals surface area contributed by atoms with Gasteiger partial charge in [-0.25, -0.2) is 23.3 Å². The normalized spacial score (nSPS) is 11.4. The summed E-state index contributed by atoms with van der Waals surface area (Å²) < 4.78 is 27.7. The number of rotatable bonds is 5. The molecule has 0 saturated heterocycles. The summed E-state index contributed by atoms with van der Waals surface area (Å²) in [4.78, 5) is 16.2. The van der Waals surface area contributed by atoms with Gasteiger partial charge in [0, 0.05) is 0 Å². The lowest BCUT2D eigenvalue weighted by molar-refractivity contribution is 0.0531. The first-order chi connectivity index (χ1) is 11.1. The average molecular weight is 410 g/mol. The lowest BCUT2D eigenvalue weighted by atomic mass is 10.3. The maximum atomic E-state index is 11.8. The number of carbonyl (C=O) groups is 1. The second-order valence-electron chi connectivity index (χ2n) is 4.59. The lowest BCUT2D eigenvalue weighted by Crippen LogP contribution is -2.12. The summed E-state index contributed by atoms with van der Waals surface area (Å²) in [6, 6.07) is 2.36. The number of hydrogen-bond acceptors (Lipinski definition) is 7. The highest BCUT2D eigenvalue weighted by Crippen LogP contribution is 2.36. The molecule has 1 heterocycles. The van der Waals surface area contributed by atoms with Crippen molar-refractivity contribution in [3.05, 3.63) is 32.7 Å². The van der Waals surface area contributed by atoms with E-state index in [4.69, 9.17) is 33.1 Å². The minimum atomic E-state index is -3.93. The molecule has 1 aromatic heterocycles. The number of halogens is 2. The number of aromatic nitrogens is 1. The fourth-order valence-corrected chi connectivity index (χ4v) is 3.92. The van der Waals surface area contributed by atoms with Crippen LogP contribution in [0.3, 0.4) is 0 Å². The van der Waals surface area contributed by atoms with Gasteiger partial charge in [-0.15, -0.1) is 0 Å². The lowest BCUT2D eigenvalue weighted by Gasteiger charge is -2.09. The van der Waals surface area contributed by atoms with Gasteiger partial charge in [-0.3, -0.25) is 0 Å². The van der Waals surface area contributed by atoms with Crippen molar-refractivity contribution >= 4 is 61.4 Å². The van der Waals surface area contributed by atoms with Gasteiger partial charge in [-0.2, -0.15) is 0 Å². The van der Waals surface area contributed by atoms with Crippen LogP contribution in [0.1, 0.15) is 22.3 Å². The molecular weight excluding hydrogens is 397 g/mol. The number of nitrogens with zero attached hydrogens (tertiary/aromatic N) is 1. The second kappa shape index (κ2) is 7.24. The monoisotopic (exact) mass is 409 g/mol. The van der Waals surface area contributed by atoms with Crippen LogP contribution in [-0.2, 0) is 14.8 Å². The first-order valence-electron chi connectivity index (χ1n) is 6.57. The Kier molecular flexibility index (Phi) is 5.71. The minimum Gasteiger partial charge on any atom is -0.462 e. The van der Waals surface area contributed by atoms with E-state index in [2.05, 4.69) is 10.3 Å². The quantitative estimate of drug-likeness (QED) is 0.732. The Morgan fingerprint density at radius 2 is 1.96 bits per heavy atom. The summed E-state index contributed by atoms with van der Waals surface area (Å²) in [5.74, 6) is -0.470. The van der Waals surface area contributed by atoms with Gasteiger partial charge in [-0.1, -0.05) is 34.5 Å². The number of primary sulfonamides is 1. The zero-order chi connectivity index (χ0) is 18.1. The van der Waals surface area contributed by atoms with Crippen molar-refractivity contribution in [1.82, 2.24) is 4.98 Å². The Balaban J connectivity index is 2.36. The number of nitrogens with two attached hydrogens (primary N) is 1. The summed E-state index contributed by atoms with van der Waals surface area (Å²) in [5.41, 5.74) is 0.754. The van der Waals surface area contributed by atoms with Crippen molar-refractivity contribution in [3.8, 4) is 0 Å². The molecule has 24 heavy (non-hydrogen) atoms. The molecule has 11 heteroatoms. The third-order valence-corrected chi connectivity index (χ3v) is 5.38. The van der Waals surface area contributed by atoms with Gasteiger partial charge in [0.15, 0.2) is 5.13 Å². The van der Waals surface area contributed by atoms with E-state index in [-0.39, 0.29) is 27.2 Å². The molecule has 0 radical (unpaired) electrons. The van der Waals surface area contributed by atoms with Crippen molar-refractivity contribution in [1.29, 1.82) is 0 Å². The maximum Gasteiger partial charge on any atom is 0.350 e. The van der Waals surface area contributed by atoms with Gasteiger partial charge in [0.05, 0.1) is 32.9 Å². The van der Waals surface area contributed by atoms with Crippen molar-refractivity contribution in [2.75, 3.05) is 11.9 Å². The molecule has 0 aliphatic heterocycles. The van der Waals surface area contributed by atoms with Crippen LogP contribution in [0.5, 0.6) is 0 Å². The Morgan fingerprint density at radius 1 is 1.38 bits per heavy atom. The number of sulfonamides is 1. The van der Waals surface area contributed by atoms with Crippen LogP contribution >= 0.6 is 34.5 Å². The molecule has 0 spiro atoms. The highest BCUT2D eigenvalue weighted by molar-refractivity contribution is 7.89. The third-order valence-electron chi connectivity index (χ3n) is 2.83. The van der Waals surface area contributed by atoms with E-state index in [1.165, 1.54) is 12.1 Å². The van der Waals surface area contributed by atoms with Crippen LogP contribution in [0.4, 0.5) is 10.8 Å². The van der Waals surface area contributed by atoms with E-state index in [1.54, 1.807) is 13.8 Å². The minimum absolute atomic E-state index is 0.0528. The molecule has 1 aromatic carbocycles. The molecule has 0 unspecified atom stereocenters. The van der Waals surface area contributed by atoms with Crippen molar-refractivity contribution in [2.24, 2.45) is 5.14 Å². The number of anilines is 2. The SMILES string of the molecule is CCOC(=O)c1sc(Nc2c(Cl)cc(S(N)(=O)=O)cc2Cl)nc1C. The number of benzene rings is 1. The smallest absolute Gasteiger partial charge is 0.350 e. The average Bonchev–Trinajstić information content (AvgIpc) is 2.83. The fraction of sp³-hybridized carbons (Fsp3) is 0.231. The number of ether oxygens (including phenoxy) is 1. The Hall–Kier alpha value is -1.39. The largest absolute Gasteiger partial charge is 0.462 e. The molecule has 0 fully saturated rings. The molecule has 0 bridgehead atoms. The van der Waals surface area contributed by atoms with E-state index < -0.39 is 16.0 Å². The molecule has 0 saturated carbocycles. The van der Waals surface area contributed by atoms with E-state index in [0.717, 1.165) is 11.3 Å². The molecule has 0 aliphatic rings. The maximum absolute atomic E-state index is 11.8. The highest BCUT2D eigenvalue weighted by atomic mass is 35.5. The number of aryl methyl sites for hydroxylation is 1. The number of nitrogens with one attached hydrogen (secondary N) is 1. The molecule has 0 aliphatic carbocycles. The predicted octanol–water partition coefficient (Wildman–Crippen LogP) is 3.33. The topological polar surface area (TPSA) is 111 Å². The van der Waals surface area contributed by atoms with Gasteiger partial charge in [0.1, 0.15) is 4.88 Å². The van der Waals surface area contributed by atoms with Crippen molar-refractivity contribution in [2.45, 2.75) is 18.7 Å². The van der Waals surface area contributed by atoms with Gasteiger partial charge in [-0.05, 0) is 26.0 Å². The van der Waals surface area contributed by atoms with Crippen LogP contribution in [0.15, 0.2) is 17.0 Å². The second-order valence-corrected chi connectivity index (χ2v) is 7.96. The molecule has 3 N–H and O–H groups in total. The predicted molar refractivity (Wildman–Crippen MR) is 93.9 cm³/mol. The van der Waals surface area contributed by atoms with Crippen LogP contribution in [-0.4, -0.2) is 26.0 Å². The van der Waals surface area contributed by atoms with E-state index in [1.807, 2.05) is 0 Å². The number of thiazole rings is 1. The summed E-state index contributed by atoms with van der Waals surface area (Å²) in [5, 5.41) is 8.40. The summed E-state index contributed by atoms with van der Waals surface area (Å²) in [7, 11) is -3.93. The van der Waals surface area contributed by atoms with E-state index in [0.29, 0.717) is 15.7 Å². The first-order valence-corrected chi connectivity index (χ1v) is 9.68. The Bertz CT molecular complexity index is 874. The van der Waals surface area contributed by atoms with Crippen molar-refractivity contribution < 1.29 is 17.9 Å². The third kappa shape index (κ3) is 4.17. The summed E-state index contributed by atoms with van der Waals surface area (Å²) in [6.45, 7) is 3.63. The molecule has 2 rings (SSSR count). The number of carbonyl (C=O) groups excluding carboxylic acids is 1. The van der Waals surface area contributed by atoms with Gasteiger partial charge >= 0.3 is 5.97 Å². The molecule has 2 aromatic rings. The number of esters is 1. The molecular formula is C13H13Cl2N3O4S2. The first kappa shape index (κ1) is 18.9. The highest BCUT2D eigenvalue weighted by Gasteiger charge is 2.19. The zero-order valence-electron chi connectivity index (χ0n) is 12.6. The standard InChI is InChI=1S/C13H13Cl2N3O4S2/c1-3-22-12(19)11-6(2)17-13(23-11)18-10-8(14)4-7(5-9(10)15)24(16,20)21/h4-5H,3H2,1-2H3,(H,17,18)(H2,16,20,21). The molecule has 7 nitrogen and oxygen atoms in total. The van der Waals surface area contributed by atoms with E-state index in [9.17, 15) is 13.2 Å². The summed E-state index contributed by atoms with van der Waals surface area (Å²) in [6.07, 6.45) is 0. The van der Waals surface area contributed by atoms with Crippen LogP contribution < -0.4 is 10.5 Å². The Labute approximate surface area is 152 Å². The fourth-order valence-electron chi connectivity index (χ4n) is 1.78. The molecule has 0 atom stereocenters. The van der Waals surface area contributed by atoms with Crippen LogP contribution in [0.2, 0.25) is 10.0 Å². The van der Waals surface area contributed by atoms with Crippen LogP contribution in [0, 0.1) is 6.92 Å². The van der Waals surface area contributed by atoms with Crippen molar-refractivity contribution in [3.63, 3.8) is 0 Å². The molecule has 0 amide bonds. The van der Waals surface area contributed by atoms with Crippen LogP contribution in [0.25, 0.3) is 0 Å². The van der Waals surface area contributed by atoms with Gasteiger partial charge < -0.3 is 10.1 Å².